The van der Waals surface area contributed by atoms with Gasteiger partial charge in [-0.25, -0.2) is 4.99 Å². The van der Waals surface area contributed by atoms with Gasteiger partial charge in [0.1, 0.15) is 5.82 Å². The number of hydrogen-bond acceptors (Lipinski definition) is 4. The lowest BCUT2D eigenvalue weighted by Crippen LogP contribution is -2.44. The van der Waals surface area contributed by atoms with Crippen LogP contribution in [0.1, 0.15) is 27.2 Å². The van der Waals surface area contributed by atoms with Gasteiger partial charge in [-0.2, -0.15) is 0 Å². The van der Waals surface area contributed by atoms with Crippen molar-refractivity contribution in [1.29, 1.82) is 0 Å². The van der Waals surface area contributed by atoms with Crippen LogP contribution in [-0.4, -0.2) is 43.8 Å². The molecule has 4 nitrogen and oxygen atoms in total. The fourth-order valence-electron chi connectivity index (χ4n) is 2.75. The third-order valence-electron chi connectivity index (χ3n) is 4.11. The lowest BCUT2D eigenvalue weighted by Gasteiger charge is -2.34. The largest absolute Gasteiger partial charge is 0.369 e. The van der Waals surface area contributed by atoms with Gasteiger partial charge in [0, 0.05) is 43.3 Å². The van der Waals surface area contributed by atoms with Crippen molar-refractivity contribution >= 4 is 17.1 Å². The van der Waals surface area contributed by atoms with Crippen LogP contribution in [0.3, 0.4) is 0 Å². The molecule has 0 aromatic heterocycles. The van der Waals surface area contributed by atoms with E-state index < -0.39 is 0 Å². The Morgan fingerprint density at radius 1 is 1.17 bits per heavy atom. The van der Waals surface area contributed by atoms with Crippen LogP contribution in [0.4, 0.5) is 11.4 Å². The van der Waals surface area contributed by atoms with E-state index in [2.05, 4.69) is 64.4 Å². The van der Waals surface area contributed by atoms with Crippen molar-refractivity contribution in [3.8, 4) is 0 Å². The summed E-state index contributed by atoms with van der Waals surface area (Å²) >= 11 is 0. The number of hydrogen-bond donors (Lipinski definition) is 1. The highest BCUT2D eigenvalue weighted by atomic mass is 15.2. The molecule has 0 aliphatic carbocycles. The SMILES string of the molecule is C\C=C/C(C)=N\C(=C\CC)Nc1ccc(N2CCN(C)CC2)cc1. The smallest absolute Gasteiger partial charge is 0.126 e. The molecular formula is C20H30N4. The van der Waals surface area contributed by atoms with Crippen LogP contribution in [0.15, 0.2) is 53.3 Å². The number of rotatable bonds is 6. The van der Waals surface area contributed by atoms with E-state index in [0.717, 1.165) is 49.8 Å². The lowest BCUT2D eigenvalue weighted by atomic mass is 10.2. The van der Waals surface area contributed by atoms with E-state index in [1.165, 1.54) is 5.69 Å². The molecular weight excluding hydrogens is 296 g/mol. The van der Waals surface area contributed by atoms with Crippen LogP contribution in [-0.2, 0) is 0 Å². The molecule has 2 rings (SSSR count). The van der Waals surface area contributed by atoms with Crippen LogP contribution in [0.5, 0.6) is 0 Å². The van der Waals surface area contributed by atoms with Gasteiger partial charge in [0.15, 0.2) is 0 Å². The maximum absolute atomic E-state index is 4.64. The standard InChI is InChI=1S/C20H30N4/c1-5-7-17(3)21-20(8-6-2)22-18-9-11-19(12-10-18)24-15-13-23(4)14-16-24/h5,7-12,22H,6,13-16H2,1-4H3/b7-5-,20-8-,21-17-. The summed E-state index contributed by atoms with van der Waals surface area (Å²) in [5.41, 5.74) is 3.37. The third-order valence-corrected chi connectivity index (χ3v) is 4.11. The van der Waals surface area contributed by atoms with Gasteiger partial charge in [-0.3, -0.25) is 0 Å². The molecule has 1 aliphatic rings. The second-order valence-electron chi connectivity index (χ2n) is 6.21. The Hall–Kier alpha value is -2.07. The number of nitrogens with zero attached hydrogens (tertiary/aromatic N) is 3. The second-order valence-corrected chi connectivity index (χ2v) is 6.21. The maximum Gasteiger partial charge on any atom is 0.126 e. The first-order chi connectivity index (χ1) is 11.6. The van der Waals surface area contributed by atoms with Crippen LogP contribution >= 0.6 is 0 Å². The summed E-state index contributed by atoms with van der Waals surface area (Å²) in [6.07, 6.45) is 7.09. The van der Waals surface area contributed by atoms with E-state index >= 15 is 0 Å². The summed E-state index contributed by atoms with van der Waals surface area (Å²) in [5, 5.41) is 3.42. The van der Waals surface area contributed by atoms with Crippen molar-refractivity contribution < 1.29 is 0 Å². The van der Waals surface area contributed by atoms with E-state index in [1.807, 2.05) is 26.0 Å². The van der Waals surface area contributed by atoms with Crippen molar-refractivity contribution in [2.24, 2.45) is 4.99 Å². The van der Waals surface area contributed by atoms with Gasteiger partial charge >= 0.3 is 0 Å². The highest BCUT2D eigenvalue weighted by Gasteiger charge is 2.13. The Labute approximate surface area is 146 Å². The summed E-state index contributed by atoms with van der Waals surface area (Å²) in [6.45, 7) is 10.6. The van der Waals surface area contributed by atoms with Gasteiger partial charge in [-0.1, -0.05) is 13.0 Å². The molecule has 1 aromatic rings. The molecule has 1 N–H and O–H groups in total. The highest BCUT2D eigenvalue weighted by molar-refractivity contribution is 5.93. The molecule has 4 heteroatoms. The zero-order chi connectivity index (χ0) is 17.4. The lowest BCUT2D eigenvalue weighted by molar-refractivity contribution is 0.313. The van der Waals surface area contributed by atoms with Crippen molar-refractivity contribution in [2.45, 2.75) is 27.2 Å². The normalized spacial score (nSPS) is 17.6. The number of aliphatic imine (C=N–C) groups is 1. The topological polar surface area (TPSA) is 30.9 Å². The van der Waals surface area contributed by atoms with Gasteiger partial charge in [-0.05, 0) is 63.7 Å². The fraction of sp³-hybridized carbons (Fsp3) is 0.450. The van der Waals surface area contributed by atoms with E-state index in [4.69, 9.17) is 0 Å². The quantitative estimate of drug-likeness (QED) is 0.797. The second kappa shape index (κ2) is 9.28. The average molecular weight is 326 g/mol. The fourth-order valence-corrected chi connectivity index (χ4v) is 2.75. The number of anilines is 2. The number of piperazine rings is 1. The summed E-state index contributed by atoms with van der Waals surface area (Å²) in [4.78, 5) is 9.46. The van der Waals surface area contributed by atoms with Crippen LogP contribution in [0.25, 0.3) is 0 Å². The van der Waals surface area contributed by atoms with Crippen molar-refractivity contribution in [3.05, 3.63) is 48.3 Å². The van der Waals surface area contributed by atoms with E-state index in [1.54, 1.807) is 0 Å². The summed E-state index contributed by atoms with van der Waals surface area (Å²) in [6, 6.07) is 8.66. The molecule has 0 amide bonds. The van der Waals surface area contributed by atoms with E-state index in [0.29, 0.717) is 0 Å². The van der Waals surface area contributed by atoms with Crippen LogP contribution in [0.2, 0.25) is 0 Å². The summed E-state index contributed by atoms with van der Waals surface area (Å²) in [5.74, 6) is 0.903. The molecule has 0 saturated carbocycles. The first-order valence-electron chi connectivity index (χ1n) is 8.81. The molecule has 1 heterocycles. The third kappa shape index (κ3) is 5.53. The molecule has 1 saturated heterocycles. The highest BCUT2D eigenvalue weighted by Crippen LogP contribution is 2.20. The van der Waals surface area contributed by atoms with Gasteiger partial charge in [0.05, 0.1) is 0 Å². The van der Waals surface area contributed by atoms with Crippen molar-refractivity contribution in [1.82, 2.24) is 4.90 Å². The number of benzene rings is 1. The van der Waals surface area contributed by atoms with E-state index in [-0.39, 0.29) is 0 Å². The predicted octanol–water partition coefficient (Wildman–Crippen LogP) is 4.14. The average Bonchev–Trinajstić information content (AvgIpc) is 2.57. The Kier molecular flexibility index (Phi) is 7.07. The zero-order valence-corrected chi connectivity index (χ0v) is 15.4. The molecule has 1 aliphatic heterocycles. The van der Waals surface area contributed by atoms with Gasteiger partial charge in [0.2, 0.25) is 0 Å². The Balaban J connectivity index is 2.04. The zero-order valence-electron chi connectivity index (χ0n) is 15.4. The van der Waals surface area contributed by atoms with E-state index in [9.17, 15) is 0 Å². The summed E-state index contributed by atoms with van der Waals surface area (Å²) in [7, 11) is 2.18. The molecule has 0 radical (unpaired) electrons. The van der Waals surface area contributed by atoms with Crippen LogP contribution < -0.4 is 10.2 Å². The van der Waals surface area contributed by atoms with Gasteiger partial charge in [0.25, 0.3) is 0 Å². The predicted molar refractivity (Wildman–Crippen MR) is 106 cm³/mol. The monoisotopic (exact) mass is 326 g/mol. The number of nitrogens with one attached hydrogen (secondary N) is 1. The summed E-state index contributed by atoms with van der Waals surface area (Å²) < 4.78 is 0. The first kappa shape index (κ1) is 18.3. The first-order valence-corrected chi connectivity index (χ1v) is 8.81. The molecule has 1 fully saturated rings. The Morgan fingerprint density at radius 3 is 2.42 bits per heavy atom. The molecule has 1 aromatic carbocycles. The van der Waals surface area contributed by atoms with Gasteiger partial charge < -0.3 is 15.1 Å². The molecule has 0 spiro atoms. The minimum absolute atomic E-state index is 0.903. The molecule has 24 heavy (non-hydrogen) atoms. The minimum Gasteiger partial charge on any atom is -0.369 e. The number of allylic oxidation sites excluding steroid dienone is 3. The Morgan fingerprint density at radius 2 is 1.83 bits per heavy atom. The molecule has 0 bridgehead atoms. The van der Waals surface area contributed by atoms with Gasteiger partial charge in [-0.15, -0.1) is 0 Å². The molecule has 0 unspecified atom stereocenters. The van der Waals surface area contributed by atoms with Crippen molar-refractivity contribution in [2.75, 3.05) is 43.4 Å². The minimum atomic E-state index is 0.903. The maximum atomic E-state index is 4.64. The molecule has 0 atom stereocenters. The molecule has 130 valence electrons. The number of likely N-dealkylation sites (N-methyl/N-ethyl adjacent to an activating group) is 1. The van der Waals surface area contributed by atoms with Crippen LogP contribution in [0, 0.1) is 0 Å². The van der Waals surface area contributed by atoms with Crippen molar-refractivity contribution in [3.63, 3.8) is 0 Å². The Bertz CT molecular complexity index is 591.